The van der Waals surface area contributed by atoms with E-state index in [1.807, 2.05) is 68.6 Å². The van der Waals surface area contributed by atoms with E-state index in [-0.39, 0.29) is 0 Å². The van der Waals surface area contributed by atoms with Crippen LogP contribution in [0, 0.1) is 0 Å². The highest BCUT2D eigenvalue weighted by molar-refractivity contribution is 5.82. The maximum atomic E-state index is 5.71. The molecule has 0 aliphatic rings. The lowest BCUT2D eigenvalue weighted by Gasteiger charge is -2.08. The van der Waals surface area contributed by atoms with Gasteiger partial charge >= 0.3 is 0 Å². The molecule has 0 atom stereocenters. The van der Waals surface area contributed by atoms with Crippen molar-refractivity contribution in [2.75, 3.05) is 92.5 Å². The summed E-state index contributed by atoms with van der Waals surface area (Å²) in [5.41, 5.74) is 1.83. The van der Waals surface area contributed by atoms with Gasteiger partial charge in [-0.05, 0) is 67.9 Å². The van der Waals surface area contributed by atoms with Crippen molar-refractivity contribution in [2.45, 2.75) is 13.8 Å². The van der Waals surface area contributed by atoms with E-state index in [0.29, 0.717) is 92.5 Å². The van der Waals surface area contributed by atoms with E-state index in [0.717, 1.165) is 22.7 Å². The van der Waals surface area contributed by atoms with E-state index in [9.17, 15) is 0 Å². The predicted molar refractivity (Wildman–Crippen MR) is 147 cm³/mol. The van der Waals surface area contributed by atoms with Crippen LogP contribution in [0.15, 0.2) is 53.5 Å². The van der Waals surface area contributed by atoms with Crippen molar-refractivity contribution in [3.8, 4) is 11.5 Å². The number of hydrogen-bond acceptors (Lipinski definition) is 9. The third-order valence-electron chi connectivity index (χ3n) is 4.97. The van der Waals surface area contributed by atoms with Gasteiger partial charge in [-0.25, -0.2) is 0 Å². The van der Waals surface area contributed by atoms with E-state index in [2.05, 4.69) is 4.99 Å². The molecule has 0 heterocycles. The van der Waals surface area contributed by atoms with Crippen LogP contribution in [-0.4, -0.2) is 98.7 Å². The van der Waals surface area contributed by atoms with Gasteiger partial charge in [-0.1, -0.05) is 0 Å². The Morgan fingerprint density at radius 1 is 0.474 bits per heavy atom. The number of ether oxygens (including phenoxy) is 8. The highest BCUT2D eigenvalue weighted by Gasteiger charge is 1.98. The maximum Gasteiger partial charge on any atom is 0.119 e. The molecule has 9 nitrogen and oxygen atoms in total. The number of aliphatic imine (C=N–C) groups is 1. The molecule has 38 heavy (non-hydrogen) atoms. The molecular formula is C29H43NO8. The van der Waals surface area contributed by atoms with E-state index < -0.39 is 0 Å². The lowest BCUT2D eigenvalue weighted by Crippen LogP contribution is -2.12. The van der Waals surface area contributed by atoms with Gasteiger partial charge in [0.2, 0.25) is 0 Å². The molecule has 2 aromatic rings. The molecular weight excluding hydrogens is 490 g/mol. The molecule has 0 aliphatic heterocycles. The van der Waals surface area contributed by atoms with Crippen molar-refractivity contribution in [1.82, 2.24) is 0 Å². The molecule has 0 saturated heterocycles. The van der Waals surface area contributed by atoms with Gasteiger partial charge in [0.1, 0.15) is 24.7 Å². The van der Waals surface area contributed by atoms with E-state index >= 15 is 0 Å². The zero-order chi connectivity index (χ0) is 26.9. The third-order valence-corrected chi connectivity index (χ3v) is 4.97. The molecule has 0 radical (unpaired) electrons. The first kappa shape index (κ1) is 31.7. The summed E-state index contributed by atoms with van der Waals surface area (Å²) in [4.78, 5) is 4.52. The lowest BCUT2D eigenvalue weighted by molar-refractivity contribution is 0.0114. The average Bonchev–Trinajstić information content (AvgIpc) is 2.95. The van der Waals surface area contributed by atoms with Gasteiger partial charge in [-0.15, -0.1) is 0 Å². The second kappa shape index (κ2) is 22.5. The van der Waals surface area contributed by atoms with Crippen LogP contribution in [0.3, 0.4) is 0 Å². The molecule has 9 heteroatoms. The van der Waals surface area contributed by atoms with E-state index in [4.69, 9.17) is 37.9 Å². The Labute approximate surface area is 226 Å². The molecule has 2 rings (SSSR count). The summed E-state index contributed by atoms with van der Waals surface area (Å²) in [6.07, 6.45) is 1.82. The number of benzene rings is 2. The topological polar surface area (TPSA) is 86.2 Å². The minimum Gasteiger partial charge on any atom is -0.491 e. The lowest BCUT2D eigenvalue weighted by atomic mass is 10.2. The predicted octanol–water partition coefficient (Wildman–Crippen LogP) is 4.33. The second-order valence-electron chi connectivity index (χ2n) is 7.86. The largest absolute Gasteiger partial charge is 0.491 e. The van der Waals surface area contributed by atoms with Gasteiger partial charge < -0.3 is 37.9 Å². The van der Waals surface area contributed by atoms with Crippen molar-refractivity contribution in [1.29, 1.82) is 0 Å². The summed E-state index contributed by atoms with van der Waals surface area (Å²) in [6.45, 7) is 11.9. The monoisotopic (exact) mass is 533 g/mol. The van der Waals surface area contributed by atoms with Gasteiger partial charge in [0.05, 0.1) is 71.8 Å². The number of rotatable bonds is 24. The standard InChI is InChI=1S/C29H43NO8/c1-3-31-13-15-33-17-19-35-21-23-37-28-9-5-26(6-10-28)25-30-27-7-11-29(12-8-27)38-24-22-36-20-18-34-16-14-32-4-2/h5-12,25H,3-4,13-24H2,1-2H3. The summed E-state index contributed by atoms with van der Waals surface area (Å²) >= 11 is 0. The Bertz CT molecular complexity index is 760. The molecule has 0 amide bonds. The highest BCUT2D eigenvalue weighted by atomic mass is 16.6. The first-order valence-corrected chi connectivity index (χ1v) is 13.3. The number of hydrogen-bond donors (Lipinski definition) is 0. The van der Waals surface area contributed by atoms with Crippen LogP contribution in [0.5, 0.6) is 11.5 Å². The molecule has 0 spiro atoms. The van der Waals surface area contributed by atoms with Crippen LogP contribution in [-0.2, 0) is 28.4 Å². The Balaban J connectivity index is 1.53. The normalized spacial score (nSPS) is 11.3. The van der Waals surface area contributed by atoms with Crippen molar-refractivity contribution >= 4 is 11.9 Å². The van der Waals surface area contributed by atoms with Crippen molar-refractivity contribution in [2.24, 2.45) is 4.99 Å². The van der Waals surface area contributed by atoms with Crippen LogP contribution < -0.4 is 9.47 Å². The molecule has 0 fully saturated rings. The summed E-state index contributed by atoms with van der Waals surface area (Å²) in [5.74, 6) is 1.57. The van der Waals surface area contributed by atoms with Crippen LogP contribution in [0.1, 0.15) is 19.4 Å². The first-order valence-electron chi connectivity index (χ1n) is 13.3. The summed E-state index contributed by atoms with van der Waals surface area (Å²) in [7, 11) is 0. The smallest absolute Gasteiger partial charge is 0.119 e. The van der Waals surface area contributed by atoms with E-state index in [1.54, 1.807) is 0 Å². The fourth-order valence-electron chi connectivity index (χ4n) is 3.03. The van der Waals surface area contributed by atoms with Crippen molar-refractivity contribution in [3.63, 3.8) is 0 Å². The zero-order valence-corrected chi connectivity index (χ0v) is 22.8. The van der Waals surface area contributed by atoms with Crippen LogP contribution in [0.4, 0.5) is 5.69 Å². The minimum atomic E-state index is 0.478. The SMILES string of the molecule is CCOCCOCCOCCOc1ccc(C=Nc2ccc(OCCOCCOCCOCC)cc2)cc1. The van der Waals surface area contributed by atoms with Gasteiger partial charge in [-0.3, -0.25) is 4.99 Å². The van der Waals surface area contributed by atoms with Gasteiger partial charge in [-0.2, -0.15) is 0 Å². The van der Waals surface area contributed by atoms with Crippen LogP contribution >= 0.6 is 0 Å². The third kappa shape index (κ3) is 16.3. The summed E-state index contributed by atoms with van der Waals surface area (Å²) in [5, 5.41) is 0. The maximum absolute atomic E-state index is 5.71. The zero-order valence-electron chi connectivity index (χ0n) is 22.8. The number of nitrogens with zero attached hydrogens (tertiary/aromatic N) is 1. The average molecular weight is 534 g/mol. The fraction of sp³-hybridized carbons (Fsp3) is 0.552. The summed E-state index contributed by atoms with van der Waals surface area (Å²) in [6, 6.07) is 15.4. The van der Waals surface area contributed by atoms with Gasteiger partial charge in [0.15, 0.2) is 0 Å². The van der Waals surface area contributed by atoms with Gasteiger partial charge in [0, 0.05) is 19.4 Å². The molecule has 212 valence electrons. The fourth-order valence-corrected chi connectivity index (χ4v) is 3.03. The molecule has 0 bridgehead atoms. The van der Waals surface area contributed by atoms with E-state index in [1.165, 1.54) is 0 Å². The van der Waals surface area contributed by atoms with Crippen LogP contribution in [0.2, 0.25) is 0 Å². The Hall–Kier alpha value is -2.53. The van der Waals surface area contributed by atoms with Crippen LogP contribution in [0.25, 0.3) is 0 Å². The Kier molecular flexibility index (Phi) is 18.7. The molecule has 2 aromatic carbocycles. The van der Waals surface area contributed by atoms with Gasteiger partial charge in [0.25, 0.3) is 0 Å². The summed E-state index contributed by atoms with van der Waals surface area (Å²) < 4.78 is 43.6. The second-order valence-corrected chi connectivity index (χ2v) is 7.86. The molecule has 0 N–H and O–H groups in total. The quantitative estimate of drug-likeness (QED) is 0.146. The molecule has 0 aliphatic carbocycles. The minimum absolute atomic E-state index is 0.478. The Morgan fingerprint density at radius 2 is 0.842 bits per heavy atom. The van der Waals surface area contributed by atoms with Crippen molar-refractivity contribution < 1.29 is 37.9 Å². The molecule has 0 aromatic heterocycles. The highest BCUT2D eigenvalue weighted by Crippen LogP contribution is 2.18. The Morgan fingerprint density at radius 3 is 1.26 bits per heavy atom. The molecule has 0 saturated carbocycles. The van der Waals surface area contributed by atoms with Crippen molar-refractivity contribution in [3.05, 3.63) is 54.1 Å². The first-order chi connectivity index (χ1) is 18.8. The molecule has 0 unspecified atom stereocenters.